The van der Waals surface area contributed by atoms with E-state index >= 15 is 0 Å². The summed E-state index contributed by atoms with van der Waals surface area (Å²) in [5, 5.41) is 0. The van der Waals surface area contributed by atoms with Gasteiger partial charge < -0.3 is 9.64 Å². The van der Waals surface area contributed by atoms with Gasteiger partial charge in [-0.05, 0) is 44.4 Å². The molecule has 0 saturated carbocycles. The summed E-state index contributed by atoms with van der Waals surface area (Å²) >= 11 is 0. The lowest BCUT2D eigenvalue weighted by atomic mass is 10.1. The first-order valence-corrected chi connectivity index (χ1v) is 13.5. The fourth-order valence-electron chi connectivity index (χ4n) is 4.65. The Morgan fingerprint density at radius 2 is 1.66 bits per heavy atom. The Hall–Kier alpha value is -2.75. The molecule has 35 heavy (non-hydrogen) atoms. The molecule has 0 radical (unpaired) electrons. The number of aryl methyl sites for hydroxylation is 2. The van der Waals surface area contributed by atoms with E-state index in [1.807, 2.05) is 6.92 Å². The Labute approximate surface area is 207 Å². The molecule has 1 amide bonds. The van der Waals surface area contributed by atoms with Crippen LogP contribution in [0.3, 0.4) is 0 Å². The van der Waals surface area contributed by atoms with Gasteiger partial charge in [0, 0.05) is 39.3 Å². The normalized spacial score (nSPS) is 19.6. The highest BCUT2D eigenvalue weighted by molar-refractivity contribution is 7.89. The van der Waals surface area contributed by atoms with Crippen molar-refractivity contribution in [3.8, 4) is 0 Å². The minimum atomic E-state index is -3.81. The topological polar surface area (TPSA) is 87.2 Å². The molecular formula is C26H33N3O5S. The van der Waals surface area contributed by atoms with Crippen molar-refractivity contribution in [3.05, 3.63) is 65.2 Å². The molecule has 8 nitrogen and oxygen atoms in total. The highest BCUT2D eigenvalue weighted by atomic mass is 32.2. The molecule has 1 atom stereocenters. The van der Waals surface area contributed by atoms with Crippen LogP contribution in [0.15, 0.2) is 53.4 Å². The molecular weight excluding hydrogens is 466 g/mol. The smallest absolute Gasteiger partial charge is 0.324 e. The highest BCUT2D eigenvalue weighted by Gasteiger charge is 2.40. The summed E-state index contributed by atoms with van der Waals surface area (Å²) in [6.45, 7) is 7.32. The van der Waals surface area contributed by atoms with Gasteiger partial charge in [-0.25, -0.2) is 8.42 Å². The lowest BCUT2D eigenvalue weighted by Gasteiger charge is -2.34. The van der Waals surface area contributed by atoms with Gasteiger partial charge in [0.05, 0.1) is 4.90 Å². The van der Waals surface area contributed by atoms with Crippen LogP contribution in [-0.4, -0.2) is 79.8 Å². The maximum Gasteiger partial charge on any atom is 0.324 e. The minimum Gasteiger partial charge on any atom is -0.454 e. The number of hydrogen-bond donors (Lipinski definition) is 0. The van der Waals surface area contributed by atoms with Gasteiger partial charge in [0.25, 0.3) is 5.91 Å². The van der Waals surface area contributed by atoms with Gasteiger partial charge >= 0.3 is 5.97 Å². The van der Waals surface area contributed by atoms with Crippen molar-refractivity contribution in [1.82, 2.24) is 14.1 Å². The number of nitrogens with zero attached hydrogens (tertiary/aromatic N) is 3. The van der Waals surface area contributed by atoms with Gasteiger partial charge in [-0.2, -0.15) is 4.31 Å². The first-order valence-electron chi connectivity index (χ1n) is 12.0. The Morgan fingerprint density at radius 3 is 2.34 bits per heavy atom. The molecule has 2 aromatic rings. The molecule has 2 aliphatic rings. The van der Waals surface area contributed by atoms with Crippen LogP contribution in [0.1, 0.15) is 29.5 Å². The summed E-state index contributed by atoms with van der Waals surface area (Å²) in [4.78, 5) is 29.6. The first-order chi connectivity index (χ1) is 16.7. The third-order valence-corrected chi connectivity index (χ3v) is 8.58. The van der Waals surface area contributed by atoms with Crippen LogP contribution in [0.5, 0.6) is 0 Å². The molecule has 9 heteroatoms. The molecule has 0 aliphatic carbocycles. The van der Waals surface area contributed by atoms with Gasteiger partial charge in [0.1, 0.15) is 6.04 Å². The van der Waals surface area contributed by atoms with Crippen LogP contribution in [0.2, 0.25) is 0 Å². The summed E-state index contributed by atoms with van der Waals surface area (Å²) in [7, 11) is -3.81. The average molecular weight is 500 g/mol. The van der Waals surface area contributed by atoms with Crippen LogP contribution in [0.4, 0.5) is 0 Å². The molecule has 2 heterocycles. The highest BCUT2D eigenvalue weighted by Crippen LogP contribution is 2.27. The van der Waals surface area contributed by atoms with E-state index in [1.54, 1.807) is 29.2 Å². The third-order valence-electron chi connectivity index (χ3n) is 6.65. The molecule has 2 fully saturated rings. The van der Waals surface area contributed by atoms with Gasteiger partial charge in [-0.15, -0.1) is 0 Å². The lowest BCUT2D eigenvalue weighted by molar-refractivity contribution is -0.155. The van der Waals surface area contributed by atoms with Gasteiger partial charge in [-0.1, -0.05) is 47.5 Å². The Balaban J connectivity index is 1.27. The number of rotatable bonds is 7. The summed E-state index contributed by atoms with van der Waals surface area (Å²) < 4.78 is 32.6. The molecule has 2 aromatic carbocycles. The van der Waals surface area contributed by atoms with Crippen molar-refractivity contribution < 1.29 is 22.7 Å². The number of amides is 1. The molecule has 0 spiro atoms. The van der Waals surface area contributed by atoms with Crippen molar-refractivity contribution in [2.24, 2.45) is 0 Å². The van der Waals surface area contributed by atoms with Gasteiger partial charge in [0.15, 0.2) is 6.61 Å². The maximum absolute atomic E-state index is 13.1. The number of sulfonamides is 1. The summed E-state index contributed by atoms with van der Waals surface area (Å²) in [5.74, 6) is -0.913. The van der Waals surface area contributed by atoms with Crippen LogP contribution in [-0.2, 0) is 30.9 Å². The second-order valence-electron chi connectivity index (χ2n) is 9.34. The van der Waals surface area contributed by atoms with Crippen molar-refractivity contribution in [2.45, 2.75) is 44.2 Å². The molecule has 2 saturated heterocycles. The second-order valence-corrected chi connectivity index (χ2v) is 11.2. The van der Waals surface area contributed by atoms with E-state index < -0.39 is 22.0 Å². The maximum atomic E-state index is 13.1. The minimum absolute atomic E-state index is 0.155. The van der Waals surface area contributed by atoms with E-state index in [1.165, 1.54) is 15.4 Å². The number of piperazine rings is 1. The molecule has 0 N–H and O–H groups in total. The zero-order valence-corrected chi connectivity index (χ0v) is 21.2. The van der Waals surface area contributed by atoms with Crippen molar-refractivity contribution in [3.63, 3.8) is 0 Å². The van der Waals surface area contributed by atoms with Crippen LogP contribution < -0.4 is 0 Å². The van der Waals surface area contributed by atoms with E-state index in [0.29, 0.717) is 25.9 Å². The SMILES string of the molecule is Cc1ccc(S(=O)(=O)N2CCC[C@H]2C(=O)OCC(=O)N2CCN(Cc3cccc(C)c3)CC2)cc1. The zero-order valence-electron chi connectivity index (χ0n) is 20.4. The van der Waals surface area contributed by atoms with E-state index in [4.69, 9.17) is 4.74 Å². The van der Waals surface area contributed by atoms with Crippen molar-refractivity contribution in [1.29, 1.82) is 0 Å². The van der Waals surface area contributed by atoms with Crippen molar-refractivity contribution in [2.75, 3.05) is 39.3 Å². The van der Waals surface area contributed by atoms with Crippen molar-refractivity contribution >= 4 is 21.9 Å². The van der Waals surface area contributed by atoms with Crippen LogP contribution >= 0.6 is 0 Å². The number of esters is 1. The predicted octanol–water partition coefficient (Wildman–Crippen LogP) is 2.34. The Morgan fingerprint density at radius 1 is 0.943 bits per heavy atom. The van der Waals surface area contributed by atoms with E-state index in [9.17, 15) is 18.0 Å². The van der Waals surface area contributed by atoms with Gasteiger partial charge in [-0.3, -0.25) is 14.5 Å². The second kappa shape index (κ2) is 10.9. The monoisotopic (exact) mass is 499 g/mol. The molecule has 2 aliphatic heterocycles. The number of benzene rings is 2. The fourth-order valence-corrected chi connectivity index (χ4v) is 6.30. The molecule has 4 rings (SSSR count). The predicted molar refractivity (Wildman–Crippen MR) is 132 cm³/mol. The third kappa shape index (κ3) is 6.09. The molecule has 0 unspecified atom stereocenters. The summed E-state index contributed by atoms with van der Waals surface area (Å²) in [5.41, 5.74) is 3.43. The first kappa shape index (κ1) is 25.3. The number of ether oxygens (including phenoxy) is 1. The molecule has 0 bridgehead atoms. The van der Waals surface area contributed by atoms with Crippen LogP contribution in [0.25, 0.3) is 0 Å². The number of carbonyl (C=O) groups is 2. The van der Waals surface area contributed by atoms with E-state index in [2.05, 4.69) is 36.1 Å². The molecule has 0 aromatic heterocycles. The van der Waals surface area contributed by atoms with E-state index in [0.717, 1.165) is 25.2 Å². The van der Waals surface area contributed by atoms with Crippen LogP contribution in [0, 0.1) is 13.8 Å². The quantitative estimate of drug-likeness (QED) is 0.544. The van der Waals surface area contributed by atoms with E-state index in [-0.39, 0.29) is 24.0 Å². The fraction of sp³-hybridized carbons (Fsp3) is 0.462. The standard InChI is InChI=1S/C26H33N3O5S/c1-20-8-10-23(11-9-20)35(32,33)29-12-4-7-24(29)26(31)34-19-25(30)28-15-13-27(14-16-28)18-22-6-3-5-21(2)17-22/h3,5-6,8-11,17,24H,4,7,12-16,18-19H2,1-2H3/t24-/m0/s1. The number of carbonyl (C=O) groups excluding carboxylic acids is 2. The average Bonchev–Trinajstić information content (AvgIpc) is 3.34. The van der Waals surface area contributed by atoms with Gasteiger partial charge in [0.2, 0.25) is 10.0 Å². The zero-order chi connectivity index (χ0) is 25.0. The Bertz CT molecular complexity index is 1160. The summed E-state index contributed by atoms with van der Waals surface area (Å²) in [6, 6.07) is 14.1. The lowest BCUT2D eigenvalue weighted by Crippen LogP contribution is -2.49. The summed E-state index contributed by atoms with van der Waals surface area (Å²) in [6.07, 6.45) is 0.956. The molecule has 188 valence electrons. The largest absolute Gasteiger partial charge is 0.454 e. The number of hydrogen-bond acceptors (Lipinski definition) is 6. The Kier molecular flexibility index (Phi) is 7.88.